The lowest BCUT2D eigenvalue weighted by Crippen LogP contribution is -2.46. The fraction of sp³-hybridized carbons (Fsp3) is 0.238. The summed E-state index contributed by atoms with van der Waals surface area (Å²) >= 11 is 0. The zero-order valence-corrected chi connectivity index (χ0v) is 15.3. The number of anilines is 4. The van der Waals surface area contributed by atoms with Gasteiger partial charge in [0.25, 0.3) is 0 Å². The number of nitrogens with one attached hydrogen (secondary N) is 1. The van der Waals surface area contributed by atoms with Crippen molar-refractivity contribution in [2.75, 3.05) is 41.3 Å². The first-order valence-electron chi connectivity index (χ1n) is 9.10. The number of nitrogens with zero attached hydrogens (tertiary/aromatic N) is 4. The minimum atomic E-state index is -0.202. The number of benzene rings is 2. The van der Waals surface area contributed by atoms with Crippen molar-refractivity contribution in [2.24, 2.45) is 0 Å². The quantitative estimate of drug-likeness (QED) is 0.759. The van der Waals surface area contributed by atoms with E-state index < -0.39 is 0 Å². The van der Waals surface area contributed by atoms with Crippen molar-refractivity contribution >= 4 is 23.1 Å². The van der Waals surface area contributed by atoms with E-state index in [1.165, 1.54) is 12.1 Å². The Bertz CT molecular complexity index is 904. The summed E-state index contributed by atoms with van der Waals surface area (Å²) in [6.45, 7) is 5.52. The molecule has 1 aromatic heterocycles. The summed E-state index contributed by atoms with van der Waals surface area (Å²) in [4.78, 5) is 13.5. The number of rotatable bonds is 4. The van der Waals surface area contributed by atoms with Gasteiger partial charge in [0.05, 0.1) is 0 Å². The van der Waals surface area contributed by atoms with E-state index in [9.17, 15) is 4.39 Å². The maximum atomic E-state index is 13.1. The fourth-order valence-corrected chi connectivity index (χ4v) is 3.26. The molecule has 1 N–H and O–H groups in total. The van der Waals surface area contributed by atoms with Gasteiger partial charge >= 0.3 is 0 Å². The largest absolute Gasteiger partial charge is 0.368 e. The summed E-state index contributed by atoms with van der Waals surface area (Å²) in [5.41, 5.74) is 3.22. The average Bonchev–Trinajstić information content (AvgIpc) is 2.71. The Morgan fingerprint density at radius 3 is 2.33 bits per heavy atom. The molecule has 0 unspecified atom stereocenters. The molecule has 6 heteroatoms. The minimum absolute atomic E-state index is 0.202. The van der Waals surface area contributed by atoms with Crippen molar-refractivity contribution < 1.29 is 4.39 Å². The van der Waals surface area contributed by atoms with E-state index in [1.54, 1.807) is 6.20 Å². The van der Waals surface area contributed by atoms with E-state index >= 15 is 0 Å². The van der Waals surface area contributed by atoms with Crippen LogP contribution in [0.2, 0.25) is 0 Å². The van der Waals surface area contributed by atoms with Crippen LogP contribution >= 0.6 is 0 Å². The summed E-state index contributed by atoms with van der Waals surface area (Å²) < 4.78 is 13.1. The fourth-order valence-electron chi connectivity index (χ4n) is 3.26. The molecule has 5 nitrogen and oxygen atoms in total. The van der Waals surface area contributed by atoms with Gasteiger partial charge in [0.15, 0.2) is 0 Å². The molecule has 1 saturated heterocycles. The van der Waals surface area contributed by atoms with Gasteiger partial charge in [0.2, 0.25) is 5.95 Å². The van der Waals surface area contributed by atoms with Gasteiger partial charge in [-0.1, -0.05) is 18.2 Å². The Balaban J connectivity index is 1.43. The van der Waals surface area contributed by atoms with E-state index in [4.69, 9.17) is 0 Å². The molecule has 1 aliphatic heterocycles. The highest BCUT2D eigenvalue weighted by molar-refractivity contribution is 5.59. The van der Waals surface area contributed by atoms with Crippen LogP contribution in [0.5, 0.6) is 0 Å². The van der Waals surface area contributed by atoms with E-state index in [-0.39, 0.29) is 5.82 Å². The molecule has 0 bridgehead atoms. The zero-order valence-electron chi connectivity index (χ0n) is 15.3. The third-order valence-electron chi connectivity index (χ3n) is 4.83. The maximum Gasteiger partial charge on any atom is 0.229 e. The summed E-state index contributed by atoms with van der Waals surface area (Å²) in [7, 11) is 0. The predicted molar refractivity (Wildman–Crippen MR) is 107 cm³/mol. The number of piperazine rings is 1. The van der Waals surface area contributed by atoms with Gasteiger partial charge in [-0.25, -0.2) is 9.37 Å². The van der Waals surface area contributed by atoms with Crippen LogP contribution in [-0.4, -0.2) is 36.1 Å². The highest BCUT2D eigenvalue weighted by Gasteiger charge is 2.19. The molecule has 0 amide bonds. The SMILES string of the molecule is Cc1ccccc1Nc1nccc(N2CCN(c3ccc(F)cc3)CC2)n1. The van der Waals surface area contributed by atoms with Crippen LogP contribution < -0.4 is 15.1 Å². The van der Waals surface area contributed by atoms with Crippen LogP contribution in [0.25, 0.3) is 0 Å². The Morgan fingerprint density at radius 1 is 0.889 bits per heavy atom. The Labute approximate surface area is 158 Å². The van der Waals surface area contributed by atoms with Crippen molar-refractivity contribution in [3.05, 3.63) is 72.2 Å². The third-order valence-corrected chi connectivity index (χ3v) is 4.83. The zero-order chi connectivity index (χ0) is 18.6. The van der Waals surface area contributed by atoms with Crippen LogP contribution in [0.15, 0.2) is 60.8 Å². The summed E-state index contributed by atoms with van der Waals surface area (Å²) in [6.07, 6.45) is 1.79. The Hall–Kier alpha value is -3.15. The molecular weight excluding hydrogens is 341 g/mol. The molecule has 4 rings (SSSR count). The number of halogens is 1. The maximum absolute atomic E-state index is 13.1. The van der Waals surface area contributed by atoms with E-state index in [2.05, 4.69) is 38.1 Å². The lowest BCUT2D eigenvalue weighted by Gasteiger charge is -2.36. The highest BCUT2D eigenvalue weighted by atomic mass is 19.1. The molecule has 1 aliphatic rings. The first-order chi connectivity index (χ1) is 13.2. The number of aromatic nitrogens is 2. The molecule has 2 heterocycles. The number of para-hydroxylation sites is 1. The number of aryl methyl sites for hydroxylation is 1. The Morgan fingerprint density at radius 2 is 1.59 bits per heavy atom. The molecule has 0 atom stereocenters. The molecule has 138 valence electrons. The molecule has 1 fully saturated rings. The molecule has 2 aromatic carbocycles. The van der Waals surface area contributed by atoms with Crippen LogP contribution in [0.3, 0.4) is 0 Å². The summed E-state index contributed by atoms with van der Waals surface area (Å²) in [6, 6.07) is 16.7. The monoisotopic (exact) mass is 363 g/mol. The van der Waals surface area contributed by atoms with Crippen LogP contribution in [0.1, 0.15) is 5.56 Å². The lowest BCUT2D eigenvalue weighted by atomic mass is 10.2. The van der Waals surface area contributed by atoms with Crippen molar-refractivity contribution in [2.45, 2.75) is 6.92 Å². The molecule has 27 heavy (non-hydrogen) atoms. The normalized spacial score (nSPS) is 14.3. The van der Waals surface area contributed by atoms with Crippen LogP contribution in [-0.2, 0) is 0 Å². The van der Waals surface area contributed by atoms with Gasteiger partial charge in [0, 0.05) is 43.8 Å². The predicted octanol–water partition coefficient (Wildman–Crippen LogP) is 3.99. The highest BCUT2D eigenvalue weighted by Crippen LogP contribution is 2.22. The standard InChI is InChI=1S/C21H22FN5/c1-16-4-2-3-5-19(16)24-21-23-11-10-20(25-21)27-14-12-26(13-15-27)18-8-6-17(22)7-9-18/h2-11H,12-15H2,1H3,(H,23,24,25). The van der Waals surface area contributed by atoms with Gasteiger partial charge in [-0.2, -0.15) is 4.98 Å². The van der Waals surface area contributed by atoms with E-state index in [0.717, 1.165) is 48.9 Å². The van der Waals surface area contributed by atoms with Gasteiger partial charge < -0.3 is 15.1 Å². The van der Waals surface area contributed by atoms with Crippen molar-refractivity contribution in [1.82, 2.24) is 9.97 Å². The molecule has 0 saturated carbocycles. The van der Waals surface area contributed by atoms with E-state index in [1.807, 2.05) is 36.4 Å². The smallest absolute Gasteiger partial charge is 0.229 e. The molecule has 0 spiro atoms. The van der Waals surface area contributed by atoms with Gasteiger partial charge in [-0.3, -0.25) is 0 Å². The topological polar surface area (TPSA) is 44.3 Å². The summed E-state index contributed by atoms with van der Waals surface area (Å²) in [5, 5.41) is 3.30. The molecular formula is C21H22FN5. The minimum Gasteiger partial charge on any atom is -0.368 e. The second kappa shape index (κ2) is 7.61. The van der Waals surface area contributed by atoms with Gasteiger partial charge in [-0.15, -0.1) is 0 Å². The number of hydrogen-bond donors (Lipinski definition) is 1. The summed E-state index contributed by atoms with van der Waals surface area (Å²) in [5.74, 6) is 1.31. The van der Waals surface area contributed by atoms with Crippen molar-refractivity contribution in [1.29, 1.82) is 0 Å². The van der Waals surface area contributed by atoms with E-state index in [0.29, 0.717) is 5.95 Å². The lowest BCUT2D eigenvalue weighted by molar-refractivity contribution is 0.624. The second-order valence-corrected chi connectivity index (χ2v) is 6.63. The Kier molecular flexibility index (Phi) is 4.87. The van der Waals surface area contributed by atoms with Crippen molar-refractivity contribution in [3.8, 4) is 0 Å². The van der Waals surface area contributed by atoms with Crippen molar-refractivity contribution in [3.63, 3.8) is 0 Å². The third kappa shape index (κ3) is 4.00. The average molecular weight is 363 g/mol. The second-order valence-electron chi connectivity index (χ2n) is 6.63. The first kappa shape index (κ1) is 17.3. The van der Waals surface area contributed by atoms with Crippen LogP contribution in [0.4, 0.5) is 27.5 Å². The van der Waals surface area contributed by atoms with Crippen LogP contribution in [0, 0.1) is 12.7 Å². The first-order valence-corrected chi connectivity index (χ1v) is 9.10. The number of hydrogen-bond acceptors (Lipinski definition) is 5. The molecule has 3 aromatic rings. The molecule has 0 aliphatic carbocycles. The molecule has 0 radical (unpaired) electrons. The van der Waals surface area contributed by atoms with Gasteiger partial charge in [-0.05, 0) is 48.9 Å². The van der Waals surface area contributed by atoms with Gasteiger partial charge in [0.1, 0.15) is 11.6 Å².